The number of hydrogen-bond acceptors (Lipinski definition) is 6. The number of anilines is 2. The van der Waals surface area contributed by atoms with Crippen LogP contribution >= 0.6 is 0 Å². The fourth-order valence-corrected chi connectivity index (χ4v) is 3.37. The number of nitrogens with zero attached hydrogens (tertiary/aromatic N) is 2. The summed E-state index contributed by atoms with van der Waals surface area (Å²) in [5.74, 6) is 0.926. The number of carbonyl (C=O) groups is 1. The van der Waals surface area contributed by atoms with Gasteiger partial charge in [0, 0.05) is 19.7 Å². The van der Waals surface area contributed by atoms with E-state index in [0.29, 0.717) is 17.0 Å². The quantitative estimate of drug-likeness (QED) is 0.631. The van der Waals surface area contributed by atoms with Crippen LogP contribution in [-0.2, 0) is 16.6 Å². The van der Waals surface area contributed by atoms with Gasteiger partial charge < -0.3 is 14.6 Å². The Labute approximate surface area is 163 Å². The van der Waals surface area contributed by atoms with Gasteiger partial charge in [-0.05, 0) is 48.5 Å². The number of furan rings is 1. The molecule has 2 N–H and O–H groups in total. The predicted octanol–water partition coefficient (Wildman–Crippen LogP) is 2.47. The predicted molar refractivity (Wildman–Crippen MR) is 106 cm³/mol. The number of carbonyl (C=O) groups excluding carboxylic acids is 1. The van der Waals surface area contributed by atoms with Gasteiger partial charge in [0.05, 0.1) is 29.6 Å². The van der Waals surface area contributed by atoms with Crippen LogP contribution in [0.4, 0.5) is 11.5 Å². The van der Waals surface area contributed by atoms with Crippen molar-refractivity contribution in [3.63, 3.8) is 0 Å². The minimum absolute atomic E-state index is 0.0491. The van der Waals surface area contributed by atoms with Crippen molar-refractivity contribution in [3.05, 3.63) is 72.3 Å². The first-order valence-electron chi connectivity index (χ1n) is 8.42. The molecule has 0 aliphatic carbocycles. The Bertz CT molecular complexity index is 1030. The van der Waals surface area contributed by atoms with Crippen molar-refractivity contribution >= 4 is 27.4 Å². The minimum Gasteiger partial charge on any atom is -0.468 e. The Morgan fingerprint density at radius 3 is 2.43 bits per heavy atom. The summed E-state index contributed by atoms with van der Waals surface area (Å²) in [7, 11) is 0.0423. The van der Waals surface area contributed by atoms with E-state index >= 15 is 0 Å². The molecule has 2 heterocycles. The summed E-state index contributed by atoms with van der Waals surface area (Å²) in [6.07, 6.45) is 3.03. The Balaban J connectivity index is 1.65. The molecule has 0 aliphatic rings. The fourth-order valence-electron chi connectivity index (χ4n) is 2.38. The SMILES string of the molecule is CN(C)c1ccc(NC(=O)c2ccc(S(=O)(=O)NCc3ccco3)cc2)cn1. The molecule has 0 radical (unpaired) electrons. The molecule has 9 heteroatoms. The van der Waals surface area contributed by atoms with Crippen LogP contribution in [0.5, 0.6) is 0 Å². The van der Waals surface area contributed by atoms with Crippen molar-refractivity contribution in [3.8, 4) is 0 Å². The summed E-state index contributed by atoms with van der Waals surface area (Å²) in [5.41, 5.74) is 0.883. The lowest BCUT2D eigenvalue weighted by atomic mass is 10.2. The highest BCUT2D eigenvalue weighted by molar-refractivity contribution is 7.89. The van der Waals surface area contributed by atoms with Crippen molar-refractivity contribution in [1.29, 1.82) is 0 Å². The van der Waals surface area contributed by atoms with Gasteiger partial charge in [-0.1, -0.05) is 0 Å². The third kappa shape index (κ3) is 4.76. The van der Waals surface area contributed by atoms with E-state index in [1.807, 2.05) is 19.0 Å². The minimum atomic E-state index is -3.71. The van der Waals surface area contributed by atoms with Gasteiger partial charge >= 0.3 is 0 Å². The maximum atomic E-state index is 12.3. The van der Waals surface area contributed by atoms with E-state index in [9.17, 15) is 13.2 Å². The van der Waals surface area contributed by atoms with Crippen molar-refractivity contribution in [2.24, 2.45) is 0 Å². The van der Waals surface area contributed by atoms with Crippen LogP contribution in [0.3, 0.4) is 0 Å². The summed E-state index contributed by atoms with van der Waals surface area (Å²) in [4.78, 5) is 18.5. The maximum absolute atomic E-state index is 12.3. The molecule has 8 nitrogen and oxygen atoms in total. The fraction of sp³-hybridized carbons (Fsp3) is 0.158. The molecule has 3 aromatic rings. The van der Waals surface area contributed by atoms with Gasteiger partial charge in [0.2, 0.25) is 10.0 Å². The standard InChI is InChI=1S/C19H20N4O4S/c1-23(2)18-10-7-15(12-20-18)22-19(24)14-5-8-17(9-6-14)28(25,26)21-13-16-4-3-11-27-16/h3-12,21H,13H2,1-2H3,(H,22,24). The van der Waals surface area contributed by atoms with Gasteiger partial charge in [-0.3, -0.25) is 4.79 Å². The lowest BCUT2D eigenvalue weighted by Crippen LogP contribution is -2.23. The van der Waals surface area contributed by atoms with Crippen LogP contribution in [0.25, 0.3) is 0 Å². The topological polar surface area (TPSA) is 105 Å². The Hall–Kier alpha value is -3.17. The maximum Gasteiger partial charge on any atom is 0.255 e. The van der Waals surface area contributed by atoms with E-state index < -0.39 is 10.0 Å². The highest BCUT2D eigenvalue weighted by Gasteiger charge is 2.15. The largest absolute Gasteiger partial charge is 0.468 e. The number of pyridine rings is 1. The second-order valence-electron chi connectivity index (χ2n) is 6.18. The van der Waals surface area contributed by atoms with Crippen LogP contribution in [0.15, 0.2) is 70.3 Å². The molecule has 1 aromatic carbocycles. The molecule has 0 fully saturated rings. The van der Waals surface area contributed by atoms with E-state index in [1.165, 1.54) is 30.5 Å². The van der Waals surface area contributed by atoms with Gasteiger partial charge in [-0.15, -0.1) is 0 Å². The second-order valence-corrected chi connectivity index (χ2v) is 7.95. The first-order valence-corrected chi connectivity index (χ1v) is 9.90. The number of amides is 1. The summed E-state index contributed by atoms with van der Waals surface area (Å²) in [6, 6.07) is 12.6. The highest BCUT2D eigenvalue weighted by atomic mass is 32.2. The Morgan fingerprint density at radius 2 is 1.86 bits per heavy atom. The van der Waals surface area contributed by atoms with E-state index in [1.54, 1.807) is 30.5 Å². The Kier molecular flexibility index (Phi) is 5.76. The van der Waals surface area contributed by atoms with Crippen LogP contribution in [0.2, 0.25) is 0 Å². The highest BCUT2D eigenvalue weighted by Crippen LogP contribution is 2.15. The smallest absolute Gasteiger partial charge is 0.255 e. The molecule has 0 bridgehead atoms. The van der Waals surface area contributed by atoms with E-state index in [4.69, 9.17) is 4.42 Å². The summed E-state index contributed by atoms with van der Waals surface area (Å²) in [6.45, 7) is 0.0491. The van der Waals surface area contributed by atoms with Gasteiger partial charge in [-0.2, -0.15) is 0 Å². The molecule has 3 rings (SSSR count). The van der Waals surface area contributed by atoms with Crippen LogP contribution < -0.4 is 14.9 Å². The van der Waals surface area contributed by atoms with Gasteiger partial charge in [-0.25, -0.2) is 18.1 Å². The lowest BCUT2D eigenvalue weighted by Gasteiger charge is -2.12. The zero-order valence-electron chi connectivity index (χ0n) is 15.4. The first kappa shape index (κ1) is 19.6. The van der Waals surface area contributed by atoms with Crippen molar-refractivity contribution < 1.29 is 17.6 Å². The first-order chi connectivity index (χ1) is 13.3. The zero-order chi connectivity index (χ0) is 20.1. The van der Waals surface area contributed by atoms with E-state index in [-0.39, 0.29) is 17.3 Å². The number of benzene rings is 1. The van der Waals surface area contributed by atoms with Crippen molar-refractivity contribution in [1.82, 2.24) is 9.71 Å². The number of rotatable bonds is 7. The molecular weight excluding hydrogens is 380 g/mol. The van der Waals surface area contributed by atoms with Gasteiger partial charge in [0.15, 0.2) is 0 Å². The van der Waals surface area contributed by atoms with Crippen molar-refractivity contribution in [2.45, 2.75) is 11.4 Å². The zero-order valence-corrected chi connectivity index (χ0v) is 16.2. The molecule has 146 valence electrons. The molecule has 2 aromatic heterocycles. The molecule has 0 aliphatic heterocycles. The molecule has 1 amide bonds. The number of aromatic nitrogens is 1. The molecule has 0 atom stereocenters. The number of hydrogen-bond donors (Lipinski definition) is 2. The molecule has 0 unspecified atom stereocenters. The van der Waals surface area contributed by atoms with Gasteiger partial charge in [0.1, 0.15) is 11.6 Å². The molecular formula is C19H20N4O4S. The van der Waals surface area contributed by atoms with E-state index in [0.717, 1.165) is 5.82 Å². The monoisotopic (exact) mass is 400 g/mol. The molecule has 0 saturated heterocycles. The normalized spacial score (nSPS) is 11.2. The van der Waals surface area contributed by atoms with Gasteiger partial charge in [0.25, 0.3) is 5.91 Å². The van der Waals surface area contributed by atoms with Crippen LogP contribution in [0, 0.1) is 0 Å². The average molecular weight is 400 g/mol. The van der Waals surface area contributed by atoms with Crippen LogP contribution in [0.1, 0.15) is 16.1 Å². The lowest BCUT2D eigenvalue weighted by molar-refractivity contribution is 0.102. The third-order valence-corrected chi connectivity index (χ3v) is 5.32. The number of nitrogens with one attached hydrogen (secondary N) is 2. The second kappa shape index (κ2) is 8.24. The average Bonchev–Trinajstić information content (AvgIpc) is 3.21. The van der Waals surface area contributed by atoms with E-state index in [2.05, 4.69) is 15.0 Å². The number of sulfonamides is 1. The van der Waals surface area contributed by atoms with Crippen molar-refractivity contribution in [2.75, 3.05) is 24.3 Å². The summed E-state index contributed by atoms with van der Waals surface area (Å²) < 4.78 is 32.2. The molecule has 28 heavy (non-hydrogen) atoms. The summed E-state index contributed by atoms with van der Waals surface area (Å²) >= 11 is 0. The molecule has 0 spiro atoms. The summed E-state index contributed by atoms with van der Waals surface area (Å²) in [5, 5.41) is 2.73. The van der Waals surface area contributed by atoms with Crippen LogP contribution in [-0.4, -0.2) is 33.4 Å². The molecule has 0 saturated carbocycles. The third-order valence-electron chi connectivity index (χ3n) is 3.91. The Morgan fingerprint density at radius 1 is 1.11 bits per heavy atom.